The number of benzene rings is 1. The summed E-state index contributed by atoms with van der Waals surface area (Å²) in [6.45, 7) is 8.95. The number of methoxy groups -OCH3 is 1. The van der Waals surface area contributed by atoms with Crippen LogP contribution in [0.4, 0.5) is 5.69 Å². The maximum atomic E-state index is 13.4. The van der Waals surface area contributed by atoms with Gasteiger partial charge in [0.25, 0.3) is 15.9 Å². The van der Waals surface area contributed by atoms with E-state index < -0.39 is 10.0 Å². The van der Waals surface area contributed by atoms with Crippen molar-refractivity contribution in [2.45, 2.75) is 44.4 Å². The van der Waals surface area contributed by atoms with Gasteiger partial charge in [-0.05, 0) is 44.0 Å². The number of aromatic nitrogens is 2. The van der Waals surface area contributed by atoms with Gasteiger partial charge in [0.05, 0.1) is 18.0 Å². The quantitative estimate of drug-likeness (QED) is 0.640. The highest BCUT2D eigenvalue weighted by molar-refractivity contribution is 7.92. The summed E-state index contributed by atoms with van der Waals surface area (Å²) in [6.07, 6.45) is 3.69. The molecule has 11 heteroatoms. The van der Waals surface area contributed by atoms with Crippen molar-refractivity contribution in [2.24, 2.45) is 13.0 Å². The number of hydrogen-bond acceptors (Lipinski definition) is 7. The molecule has 1 aliphatic rings. The van der Waals surface area contributed by atoms with Crippen LogP contribution in [0, 0.1) is 5.92 Å². The summed E-state index contributed by atoms with van der Waals surface area (Å²) in [5.41, 5.74) is 0.537. The van der Waals surface area contributed by atoms with Gasteiger partial charge in [0, 0.05) is 52.2 Å². The zero-order valence-corrected chi connectivity index (χ0v) is 22.2. The Kier molecular flexibility index (Phi) is 8.79. The van der Waals surface area contributed by atoms with Crippen LogP contribution in [0.15, 0.2) is 35.7 Å². The Balaban J connectivity index is 1.96. The fraction of sp³-hybridized carbons (Fsp3) is 0.583. The Bertz CT molecular complexity index is 1120. The summed E-state index contributed by atoms with van der Waals surface area (Å²) in [5.74, 6) is 0.333. The molecular formula is C24H37N5O5S. The zero-order valence-electron chi connectivity index (χ0n) is 21.4. The Labute approximate surface area is 208 Å². The Hall–Kier alpha value is -2.63. The first kappa shape index (κ1) is 27.0. The second-order valence-electron chi connectivity index (χ2n) is 9.29. The summed E-state index contributed by atoms with van der Waals surface area (Å²) in [5, 5.41) is -0.103. The van der Waals surface area contributed by atoms with Gasteiger partial charge < -0.3 is 18.9 Å². The molecule has 2 heterocycles. The topological polar surface area (TPSA) is 106 Å². The van der Waals surface area contributed by atoms with E-state index in [0.717, 1.165) is 19.5 Å². The van der Waals surface area contributed by atoms with Gasteiger partial charge >= 0.3 is 0 Å². The lowest BCUT2D eigenvalue weighted by atomic mass is 10.0. The third kappa shape index (κ3) is 6.53. The van der Waals surface area contributed by atoms with Crippen LogP contribution < -0.4 is 9.46 Å². The number of likely N-dealkylation sites (N-methyl/N-ethyl adjacent to an activating group) is 1. The molecule has 3 rings (SSSR count). The molecule has 0 fully saturated rings. The van der Waals surface area contributed by atoms with Crippen molar-refractivity contribution in [3.05, 3.63) is 36.3 Å². The minimum absolute atomic E-state index is 0.103. The number of fused-ring (bicyclic) bond motifs is 1. The second kappa shape index (κ2) is 11.4. The number of ether oxygens (including phenoxy) is 2. The number of amides is 1. The number of sulfonamides is 1. The summed E-state index contributed by atoms with van der Waals surface area (Å²) in [6, 6.07) is 4.86. The molecule has 1 N–H and O–H groups in total. The van der Waals surface area contributed by atoms with Gasteiger partial charge in [-0.1, -0.05) is 13.8 Å². The number of rotatable bonds is 6. The number of anilines is 1. The van der Waals surface area contributed by atoms with Gasteiger partial charge in [0.2, 0.25) is 0 Å². The number of aryl methyl sites for hydroxylation is 1. The fourth-order valence-electron chi connectivity index (χ4n) is 4.25. The van der Waals surface area contributed by atoms with Gasteiger partial charge in [-0.3, -0.25) is 14.4 Å². The van der Waals surface area contributed by atoms with Crippen LogP contribution >= 0.6 is 0 Å². The molecule has 0 aliphatic carbocycles. The molecule has 194 valence electrons. The van der Waals surface area contributed by atoms with Crippen LogP contribution in [0.3, 0.4) is 0 Å². The molecule has 10 nitrogen and oxygen atoms in total. The lowest BCUT2D eigenvalue weighted by molar-refractivity contribution is 0.0108. The molecule has 0 spiro atoms. The van der Waals surface area contributed by atoms with E-state index in [1.54, 1.807) is 42.8 Å². The number of hydrogen-bond donors (Lipinski definition) is 1. The van der Waals surface area contributed by atoms with Crippen molar-refractivity contribution in [3.8, 4) is 5.75 Å². The summed E-state index contributed by atoms with van der Waals surface area (Å²) < 4.78 is 41.5. The molecule has 1 aliphatic heterocycles. The van der Waals surface area contributed by atoms with E-state index in [-0.39, 0.29) is 40.2 Å². The van der Waals surface area contributed by atoms with E-state index in [0.29, 0.717) is 18.9 Å². The predicted octanol–water partition coefficient (Wildman–Crippen LogP) is 2.44. The Morgan fingerprint density at radius 1 is 1.23 bits per heavy atom. The highest BCUT2D eigenvalue weighted by Crippen LogP contribution is 2.27. The van der Waals surface area contributed by atoms with Crippen LogP contribution in [0.2, 0.25) is 0 Å². The maximum Gasteiger partial charge on any atom is 0.280 e. The van der Waals surface area contributed by atoms with Crippen molar-refractivity contribution >= 4 is 21.6 Å². The smallest absolute Gasteiger partial charge is 0.280 e. The zero-order chi connectivity index (χ0) is 25.8. The molecule has 0 saturated heterocycles. The minimum atomic E-state index is -3.91. The first-order valence-corrected chi connectivity index (χ1v) is 13.3. The maximum absolute atomic E-state index is 13.4. The van der Waals surface area contributed by atoms with Gasteiger partial charge in [-0.25, -0.2) is 4.98 Å². The molecule has 35 heavy (non-hydrogen) atoms. The van der Waals surface area contributed by atoms with Crippen molar-refractivity contribution in [2.75, 3.05) is 45.1 Å². The van der Waals surface area contributed by atoms with Crippen molar-refractivity contribution in [1.29, 1.82) is 0 Å². The SMILES string of the molecule is CCCN1C[C@@H](C)[C@H](OC)CN(C)C(=O)c2cc(NS(=O)(=O)c3cn(C)cn3)ccc2OC[C@@H]1C. The fourth-order valence-corrected chi connectivity index (χ4v) is 5.28. The van der Waals surface area contributed by atoms with Gasteiger partial charge in [-0.2, -0.15) is 8.42 Å². The molecule has 0 saturated carbocycles. The molecule has 0 radical (unpaired) electrons. The molecule has 2 aromatic rings. The van der Waals surface area contributed by atoms with Gasteiger partial charge in [0.15, 0.2) is 5.03 Å². The van der Waals surface area contributed by atoms with E-state index in [1.807, 2.05) is 0 Å². The third-order valence-electron chi connectivity index (χ3n) is 6.29. The van der Waals surface area contributed by atoms with Crippen LogP contribution in [0.5, 0.6) is 5.75 Å². The lowest BCUT2D eigenvalue weighted by Gasteiger charge is -2.35. The van der Waals surface area contributed by atoms with Crippen LogP contribution in [-0.2, 0) is 21.8 Å². The average molecular weight is 508 g/mol. The first-order valence-electron chi connectivity index (χ1n) is 11.9. The predicted molar refractivity (Wildman–Crippen MR) is 134 cm³/mol. The minimum Gasteiger partial charge on any atom is -0.491 e. The molecule has 1 aromatic carbocycles. The molecule has 3 atom stereocenters. The lowest BCUT2D eigenvalue weighted by Crippen LogP contribution is -2.46. The molecule has 0 unspecified atom stereocenters. The monoisotopic (exact) mass is 507 g/mol. The van der Waals surface area contributed by atoms with Crippen LogP contribution in [0.1, 0.15) is 37.6 Å². The van der Waals surface area contributed by atoms with Gasteiger partial charge in [-0.15, -0.1) is 0 Å². The third-order valence-corrected chi connectivity index (χ3v) is 7.56. The van der Waals surface area contributed by atoms with Crippen LogP contribution in [0.25, 0.3) is 0 Å². The highest BCUT2D eigenvalue weighted by atomic mass is 32.2. The van der Waals surface area contributed by atoms with Crippen molar-refractivity contribution in [3.63, 3.8) is 0 Å². The standard InChI is InChI=1S/C24H37N5O5S/c1-7-10-29-12-17(2)22(33-6)13-28(5)24(30)20-11-19(8-9-21(20)34-15-18(29)3)26-35(31,32)23-14-27(4)16-25-23/h8-9,11,14,16-18,22,26H,7,10,12-13,15H2,1-6H3/t17-,18+,22-/m1/s1. The summed E-state index contributed by atoms with van der Waals surface area (Å²) in [7, 11) is 1.17. The van der Waals surface area contributed by atoms with Gasteiger partial charge in [0.1, 0.15) is 12.4 Å². The number of imidazole rings is 1. The second-order valence-corrected chi connectivity index (χ2v) is 10.9. The largest absolute Gasteiger partial charge is 0.491 e. The molecular weight excluding hydrogens is 470 g/mol. The van der Waals surface area contributed by atoms with E-state index in [2.05, 4.69) is 35.4 Å². The first-order chi connectivity index (χ1) is 16.6. The number of carbonyl (C=O) groups is 1. The highest BCUT2D eigenvalue weighted by Gasteiger charge is 2.28. The molecule has 1 amide bonds. The van der Waals surface area contributed by atoms with E-state index >= 15 is 0 Å². The Morgan fingerprint density at radius 3 is 2.60 bits per heavy atom. The van der Waals surface area contributed by atoms with Crippen molar-refractivity contribution < 1.29 is 22.7 Å². The normalized spacial score (nSPS) is 22.6. The number of nitrogens with one attached hydrogen (secondary N) is 1. The summed E-state index contributed by atoms with van der Waals surface area (Å²) in [4.78, 5) is 21.3. The van der Waals surface area contributed by atoms with Crippen LogP contribution in [-0.4, -0.2) is 86.2 Å². The van der Waals surface area contributed by atoms with E-state index in [4.69, 9.17) is 9.47 Å². The Morgan fingerprint density at radius 2 is 1.97 bits per heavy atom. The van der Waals surface area contributed by atoms with E-state index in [1.165, 1.54) is 18.6 Å². The number of carbonyl (C=O) groups excluding carboxylic acids is 1. The number of nitrogens with zero attached hydrogens (tertiary/aromatic N) is 4. The van der Waals surface area contributed by atoms with Crippen molar-refractivity contribution in [1.82, 2.24) is 19.4 Å². The van der Waals surface area contributed by atoms with E-state index in [9.17, 15) is 13.2 Å². The molecule has 0 bridgehead atoms. The summed E-state index contributed by atoms with van der Waals surface area (Å²) >= 11 is 0. The molecule has 1 aromatic heterocycles. The average Bonchev–Trinajstić information content (AvgIpc) is 3.27.